The number of hydrogen-bond donors (Lipinski definition) is 0. The van der Waals surface area contributed by atoms with E-state index in [-0.39, 0.29) is 6.04 Å². The molecule has 1 heteroatoms. The van der Waals surface area contributed by atoms with Crippen LogP contribution in [0.2, 0.25) is 0 Å². The van der Waals surface area contributed by atoms with Gasteiger partial charge in [-0.3, -0.25) is 0 Å². The predicted octanol–water partition coefficient (Wildman–Crippen LogP) is 11.9. The average molecular weight is 566 g/mol. The number of allylic oxidation sites excluding steroid dienone is 3. The Morgan fingerprint density at radius 1 is 0.477 bits per heavy atom. The van der Waals surface area contributed by atoms with Crippen molar-refractivity contribution in [3.8, 4) is 44.5 Å². The minimum Gasteiger partial charge on any atom is -0.333 e. The van der Waals surface area contributed by atoms with E-state index in [1.807, 2.05) is 0 Å². The maximum absolute atomic E-state index is 2.52. The molecule has 0 radical (unpaired) electrons. The topological polar surface area (TPSA) is 3.24 Å². The van der Waals surface area contributed by atoms with E-state index in [0.29, 0.717) is 0 Å². The number of fused-ring (bicyclic) bond motifs is 1. The molecule has 7 rings (SSSR count). The van der Waals surface area contributed by atoms with E-state index in [2.05, 4.69) is 189 Å². The molecule has 0 saturated heterocycles. The van der Waals surface area contributed by atoms with Crippen LogP contribution >= 0.6 is 0 Å². The summed E-state index contributed by atoms with van der Waals surface area (Å²) in [5.74, 6) is 0. The quantitative estimate of drug-likeness (QED) is 0.194. The molecule has 0 fully saturated rings. The summed E-state index contributed by atoms with van der Waals surface area (Å²) in [5, 5.41) is 0. The third kappa shape index (κ3) is 4.97. The van der Waals surface area contributed by atoms with Crippen molar-refractivity contribution in [3.63, 3.8) is 0 Å². The van der Waals surface area contributed by atoms with Crippen molar-refractivity contribution in [3.05, 3.63) is 175 Å². The normalized spacial score (nSPS) is 15.2. The van der Waals surface area contributed by atoms with Gasteiger partial charge in [-0.2, -0.15) is 0 Å². The Balaban J connectivity index is 1.57. The molecule has 44 heavy (non-hydrogen) atoms. The lowest BCUT2D eigenvalue weighted by molar-refractivity contribution is 0.917. The van der Waals surface area contributed by atoms with E-state index in [0.717, 1.165) is 0 Å². The molecule has 1 unspecified atom stereocenters. The molecule has 0 saturated carbocycles. The number of para-hydroxylation sites is 1. The smallest absolute Gasteiger partial charge is 0.0573 e. The largest absolute Gasteiger partial charge is 0.333 e. The van der Waals surface area contributed by atoms with Gasteiger partial charge in [-0.05, 0) is 82.6 Å². The minimum absolute atomic E-state index is 0.158. The predicted molar refractivity (Wildman–Crippen MR) is 189 cm³/mol. The van der Waals surface area contributed by atoms with Crippen LogP contribution in [-0.2, 0) is 0 Å². The van der Waals surface area contributed by atoms with E-state index in [1.165, 1.54) is 67.0 Å². The first-order chi connectivity index (χ1) is 21.7. The zero-order chi connectivity index (χ0) is 29.9. The third-order valence-electron chi connectivity index (χ3n) is 8.63. The molecule has 6 aromatic carbocycles. The summed E-state index contributed by atoms with van der Waals surface area (Å²) >= 11 is 0. The van der Waals surface area contributed by atoms with E-state index in [9.17, 15) is 0 Å². The summed E-state index contributed by atoms with van der Waals surface area (Å²) in [6.07, 6.45) is 6.59. The molecule has 0 aliphatic carbocycles. The Morgan fingerprint density at radius 2 is 0.932 bits per heavy atom. The van der Waals surface area contributed by atoms with Gasteiger partial charge in [0.2, 0.25) is 0 Å². The summed E-state index contributed by atoms with van der Waals surface area (Å²) in [5.41, 5.74) is 14.9. The van der Waals surface area contributed by atoms with E-state index < -0.39 is 0 Å². The minimum atomic E-state index is 0.158. The molecule has 1 heterocycles. The zero-order valence-corrected chi connectivity index (χ0v) is 25.2. The van der Waals surface area contributed by atoms with Crippen LogP contribution in [0.15, 0.2) is 170 Å². The molecule has 6 aromatic rings. The van der Waals surface area contributed by atoms with Crippen LogP contribution < -0.4 is 4.90 Å². The molecule has 1 aliphatic heterocycles. The van der Waals surface area contributed by atoms with Crippen molar-refractivity contribution in [1.82, 2.24) is 0 Å². The fourth-order valence-corrected chi connectivity index (χ4v) is 6.59. The number of hydrogen-bond acceptors (Lipinski definition) is 1. The molecule has 0 aromatic heterocycles. The van der Waals surface area contributed by atoms with Gasteiger partial charge in [0.15, 0.2) is 0 Å². The summed E-state index contributed by atoms with van der Waals surface area (Å²) in [4.78, 5) is 2.52. The Kier molecular flexibility index (Phi) is 7.53. The van der Waals surface area contributed by atoms with Gasteiger partial charge in [-0.15, -0.1) is 0 Å². The van der Waals surface area contributed by atoms with Crippen LogP contribution in [0, 0.1) is 0 Å². The highest BCUT2D eigenvalue weighted by atomic mass is 15.2. The molecule has 0 amide bonds. The van der Waals surface area contributed by atoms with Gasteiger partial charge in [0.05, 0.1) is 11.7 Å². The lowest BCUT2D eigenvalue weighted by Crippen LogP contribution is -2.23. The second-order valence-corrected chi connectivity index (χ2v) is 11.3. The molecule has 1 atom stereocenters. The highest BCUT2D eigenvalue weighted by molar-refractivity contribution is 6.04. The van der Waals surface area contributed by atoms with Crippen LogP contribution in [0.25, 0.3) is 50.1 Å². The highest BCUT2D eigenvalue weighted by Gasteiger charge is 2.35. The van der Waals surface area contributed by atoms with Crippen LogP contribution in [0.1, 0.15) is 19.4 Å². The average Bonchev–Trinajstić information content (AvgIpc) is 3.38. The van der Waals surface area contributed by atoms with Gasteiger partial charge >= 0.3 is 0 Å². The monoisotopic (exact) mass is 565 g/mol. The van der Waals surface area contributed by atoms with E-state index in [1.54, 1.807) is 0 Å². The van der Waals surface area contributed by atoms with Gasteiger partial charge in [0.25, 0.3) is 0 Å². The fourth-order valence-electron chi connectivity index (χ4n) is 6.59. The molecule has 0 N–H and O–H groups in total. The molecular formula is C43H35N. The number of anilines is 2. The number of benzene rings is 6. The molecule has 0 spiro atoms. The van der Waals surface area contributed by atoms with Gasteiger partial charge in [-0.1, -0.05) is 146 Å². The molecular weight excluding hydrogens is 530 g/mol. The molecule has 212 valence electrons. The van der Waals surface area contributed by atoms with Crippen molar-refractivity contribution >= 4 is 16.9 Å². The van der Waals surface area contributed by atoms with Crippen LogP contribution in [0.5, 0.6) is 0 Å². The second kappa shape index (κ2) is 12.1. The van der Waals surface area contributed by atoms with Gasteiger partial charge in [-0.25, -0.2) is 0 Å². The molecule has 1 aliphatic rings. The van der Waals surface area contributed by atoms with Crippen LogP contribution in [-0.4, -0.2) is 6.04 Å². The molecule has 1 nitrogen and oxygen atoms in total. The molecule has 0 bridgehead atoms. The maximum atomic E-state index is 2.52. The van der Waals surface area contributed by atoms with Crippen molar-refractivity contribution < 1.29 is 0 Å². The van der Waals surface area contributed by atoms with Crippen LogP contribution in [0.3, 0.4) is 0 Å². The summed E-state index contributed by atoms with van der Waals surface area (Å²) in [6.45, 7) is 4.41. The Hall–Kier alpha value is -5.40. The van der Waals surface area contributed by atoms with Crippen molar-refractivity contribution in [1.29, 1.82) is 0 Å². The van der Waals surface area contributed by atoms with Crippen molar-refractivity contribution in [2.24, 2.45) is 0 Å². The van der Waals surface area contributed by atoms with E-state index >= 15 is 0 Å². The standard InChI is InChI=1S/C43H35N/c1-3-4-24-36-31(2)44(35-22-12-7-13-23-35)43-41(36)29-34(39-27-15-14-25-37(39)32-18-8-5-9-19-32)30-42(43)40-28-17-16-26-38(40)33-20-10-6-11-21-33/h3-31H,1-2H3/b4-3-,36-24+. The Labute approximate surface area is 261 Å². The fraction of sp³-hybridized carbons (Fsp3) is 0.0698. The zero-order valence-electron chi connectivity index (χ0n) is 25.2. The summed E-state index contributed by atoms with van der Waals surface area (Å²) in [7, 11) is 0. The Morgan fingerprint density at radius 3 is 1.50 bits per heavy atom. The van der Waals surface area contributed by atoms with Crippen molar-refractivity contribution in [2.75, 3.05) is 4.90 Å². The SMILES string of the molecule is C/C=C\C=C1\c2cc(-c3ccccc3-c3ccccc3)cc(-c3ccccc3-c3ccccc3)c2N(c2ccccc2)C1C. The lowest BCUT2D eigenvalue weighted by Gasteiger charge is -2.28. The summed E-state index contributed by atoms with van der Waals surface area (Å²) in [6, 6.07) is 54.9. The first kappa shape index (κ1) is 27.4. The van der Waals surface area contributed by atoms with Gasteiger partial charge in [0.1, 0.15) is 0 Å². The first-order valence-corrected chi connectivity index (χ1v) is 15.4. The number of nitrogens with zero attached hydrogens (tertiary/aromatic N) is 1. The third-order valence-corrected chi connectivity index (χ3v) is 8.63. The summed E-state index contributed by atoms with van der Waals surface area (Å²) < 4.78 is 0. The Bertz CT molecular complexity index is 1970. The van der Waals surface area contributed by atoms with Crippen LogP contribution in [0.4, 0.5) is 11.4 Å². The van der Waals surface area contributed by atoms with E-state index in [4.69, 9.17) is 0 Å². The van der Waals surface area contributed by atoms with Gasteiger partial charge < -0.3 is 4.90 Å². The highest BCUT2D eigenvalue weighted by Crippen LogP contribution is 2.53. The second-order valence-electron chi connectivity index (χ2n) is 11.3. The number of rotatable bonds is 6. The van der Waals surface area contributed by atoms with Crippen molar-refractivity contribution in [2.45, 2.75) is 19.9 Å². The maximum Gasteiger partial charge on any atom is 0.0573 e. The first-order valence-electron chi connectivity index (χ1n) is 15.4. The lowest BCUT2D eigenvalue weighted by atomic mass is 9.87. The van der Waals surface area contributed by atoms with Gasteiger partial charge in [0, 0.05) is 16.8 Å².